The Labute approximate surface area is 268 Å². The lowest BCUT2D eigenvalue weighted by Gasteiger charge is -2.48. The number of fused-ring (bicyclic) bond motifs is 1. The molecule has 242 valence electrons. The molecule has 3 aromatic carbocycles. The zero-order chi connectivity index (χ0) is 32.0. The van der Waals surface area contributed by atoms with Crippen LogP contribution in [0.4, 0.5) is 0 Å². The van der Waals surface area contributed by atoms with Gasteiger partial charge in [0.05, 0.1) is 33.0 Å². The van der Waals surface area contributed by atoms with Crippen LogP contribution in [0.25, 0.3) is 0 Å². The summed E-state index contributed by atoms with van der Waals surface area (Å²) in [4.78, 5) is 27.2. The molecule has 0 saturated carbocycles. The van der Waals surface area contributed by atoms with E-state index in [4.69, 9.17) is 28.4 Å². The molecule has 4 atom stereocenters. The van der Waals surface area contributed by atoms with E-state index in [1.54, 1.807) is 14.0 Å². The molecule has 0 radical (unpaired) electrons. The third-order valence-corrected chi connectivity index (χ3v) is 8.80. The van der Waals surface area contributed by atoms with Gasteiger partial charge in [0.25, 0.3) is 5.56 Å². The number of hydrogen-bond donors (Lipinski definition) is 0. The van der Waals surface area contributed by atoms with E-state index in [1.807, 2.05) is 91.0 Å². The van der Waals surface area contributed by atoms with Gasteiger partial charge in [-0.1, -0.05) is 91.0 Å². The summed E-state index contributed by atoms with van der Waals surface area (Å²) >= 11 is 0. The van der Waals surface area contributed by atoms with Crippen LogP contribution >= 0.6 is 0 Å². The Hall–Kier alpha value is -3.90. The molecule has 0 aliphatic carbocycles. The fourth-order valence-corrected chi connectivity index (χ4v) is 6.44. The highest BCUT2D eigenvalue weighted by Gasteiger charge is 2.69. The summed E-state index contributed by atoms with van der Waals surface area (Å²) in [5, 5.41) is 0. The van der Waals surface area contributed by atoms with Crippen LogP contribution in [-0.4, -0.2) is 53.4 Å². The van der Waals surface area contributed by atoms with Crippen molar-refractivity contribution in [2.24, 2.45) is 0 Å². The Morgan fingerprint density at radius 2 is 1.41 bits per heavy atom. The Morgan fingerprint density at radius 1 is 0.826 bits per heavy atom. The highest BCUT2D eigenvalue weighted by molar-refractivity contribution is 5.20. The lowest BCUT2D eigenvalue weighted by Crippen LogP contribution is -2.65. The minimum absolute atomic E-state index is 0.126. The third-order valence-electron chi connectivity index (χ3n) is 8.80. The van der Waals surface area contributed by atoms with E-state index in [-0.39, 0.29) is 33.2 Å². The molecule has 2 saturated heterocycles. The number of rotatable bonds is 13. The van der Waals surface area contributed by atoms with Crippen LogP contribution < -0.4 is 11.2 Å². The van der Waals surface area contributed by atoms with E-state index in [0.29, 0.717) is 25.2 Å². The lowest BCUT2D eigenvalue weighted by atomic mass is 9.77. The summed E-state index contributed by atoms with van der Waals surface area (Å²) in [5.74, 6) is 0. The van der Waals surface area contributed by atoms with Gasteiger partial charge in [0.1, 0.15) is 24.0 Å². The van der Waals surface area contributed by atoms with Gasteiger partial charge in [-0.15, -0.1) is 0 Å². The van der Waals surface area contributed by atoms with Gasteiger partial charge >= 0.3 is 5.69 Å². The highest BCUT2D eigenvalue weighted by atomic mass is 16.7. The van der Waals surface area contributed by atoms with Crippen molar-refractivity contribution < 1.29 is 28.4 Å². The number of aromatic nitrogens is 2. The molecule has 0 N–H and O–H groups in total. The van der Waals surface area contributed by atoms with Gasteiger partial charge in [-0.2, -0.15) is 0 Å². The molecule has 6 rings (SSSR count). The Balaban J connectivity index is 1.35. The van der Waals surface area contributed by atoms with Crippen LogP contribution in [0.3, 0.4) is 0 Å². The van der Waals surface area contributed by atoms with Crippen LogP contribution in [-0.2, 0) is 55.0 Å². The fourth-order valence-electron chi connectivity index (χ4n) is 6.44. The fraction of sp³-hybridized carbons (Fsp3) is 0.389. The zero-order valence-electron chi connectivity index (χ0n) is 26.2. The summed E-state index contributed by atoms with van der Waals surface area (Å²) < 4.78 is 40.6. The van der Waals surface area contributed by atoms with Gasteiger partial charge in [0, 0.05) is 31.9 Å². The number of ether oxygens (including phenoxy) is 6. The monoisotopic (exact) mass is 628 g/mol. The van der Waals surface area contributed by atoms with E-state index >= 15 is 0 Å². The van der Waals surface area contributed by atoms with Gasteiger partial charge < -0.3 is 28.4 Å². The first-order valence-electron chi connectivity index (χ1n) is 15.5. The lowest BCUT2D eigenvalue weighted by molar-refractivity contribution is -0.256. The summed E-state index contributed by atoms with van der Waals surface area (Å²) in [6.45, 7) is 3.04. The molecular weight excluding hydrogens is 588 g/mol. The first kappa shape index (κ1) is 32.1. The van der Waals surface area contributed by atoms with Crippen LogP contribution in [0, 0.1) is 6.92 Å². The Kier molecular flexibility index (Phi) is 9.93. The molecule has 2 aliphatic rings. The second kappa shape index (κ2) is 14.3. The first-order valence-corrected chi connectivity index (χ1v) is 15.5. The largest absolute Gasteiger partial charge is 0.378 e. The molecule has 2 aliphatic heterocycles. The van der Waals surface area contributed by atoms with E-state index in [9.17, 15) is 9.59 Å². The summed E-state index contributed by atoms with van der Waals surface area (Å²) in [5.41, 5.74) is 0.110. The van der Waals surface area contributed by atoms with Gasteiger partial charge in [-0.25, -0.2) is 9.36 Å². The average Bonchev–Trinajstić information content (AvgIpc) is 3.38. The first-order chi connectivity index (χ1) is 22.5. The second-order valence-electron chi connectivity index (χ2n) is 11.8. The highest BCUT2D eigenvalue weighted by Crippen LogP contribution is 2.52. The van der Waals surface area contributed by atoms with Crippen molar-refractivity contribution in [3.8, 4) is 0 Å². The minimum Gasteiger partial charge on any atom is -0.378 e. The second-order valence-corrected chi connectivity index (χ2v) is 11.8. The molecular formula is C36H40N2O8. The van der Waals surface area contributed by atoms with E-state index in [0.717, 1.165) is 21.3 Å². The van der Waals surface area contributed by atoms with Crippen molar-refractivity contribution >= 4 is 0 Å². The van der Waals surface area contributed by atoms with E-state index in [1.165, 1.54) is 10.8 Å². The molecule has 0 spiro atoms. The standard InChI is InChI=1S/C36H40N2O8/c1-27-20-37(34(40)38(32(27)39)26-44-22-29-14-8-4-9-15-29)33-31(41-2)36(45-23-30-16-10-5-11-17-30)18-19-42-24-35(36,46-33)25-43-21-28-12-6-3-7-13-28/h3-17,20,31,33H,18-19,21-26H2,1-2H3/t31?,33-,35?,36?/m1/s1. The molecule has 10 nitrogen and oxygen atoms in total. The van der Waals surface area contributed by atoms with Crippen molar-refractivity contribution in [1.29, 1.82) is 0 Å². The number of benzene rings is 3. The van der Waals surface area contributed by atoms with E-state index < -0.39 is 34.8 Å². The van der Waals surface area contributed by atoms with Gasteiger partial charge in [0.15, 0.2) is 6.23 Å². The topological polar surface area (TPSA) is 99.4 Å². The van der Waals surface area contributed by atoms with Gasteiger partial charge in [-0.05, 0) is 23.6 Å². The van der Waals surface area contributed by atoms with Gasteiger partial charge in [-0.3, -0.25) is 9.36 Å². The predicted octanol–water partition coefficient (Wildman–Crippen LogP) is 4.37. The smallest absolute Gasteiger partial charge is 0.335 e. The molecule has 3 heterocycles. The van der Waals surface area contributed by atoms with Crippen molar-refractivity contribution in [2.45, 2.75) is 63.4 Å². The predicted molar refractivity (Wildman–Crippen MR) is 170 cm³/mol. The normalized spacial score (nSPS) is 24.1. The summed E-state index contributed by atoms with van der Waals surface area (Å²) in [6, 6.07) is 29.3. The van der Waals surface area contributed by atoms with Crippen LogP contribution in [0.5, 0.6) is 0 Å². The molecule has 1 aromatic heterocycles. The van der Waals surface area contributed by atoms with Crippen molar-refractivity contribution in [2.75, 3.05) is 26.9 Å². The van der Waals surface area contributed by atoms with Crippen molar-refractivity contribution in [3.05, 3.63) is 140 Å². The molecule has 0 bridgehead atoms. The molecule has 10 heteroatoms. The maximum absolute atomic E-state index is 14.0. The quantitative estimate of drug-likeness (QED) is 0.215. The Bertz CT molecular complexity index is 1690. The maximum Gasteiger partial charge on any atom is 0.335 e. The van der Waals surface area contributed by atoms with Crippen LogP contribution in [0.15, 0.2) is 107 Å². The number of aryl methyl sites for hydroxylation is 1. The summed E-state index contributed by atoms with van der Waals surface area (Å²) in [6.07, 6.45) is 0.275. The van der Waals surface area contributed by atoms with E-state index in [2.05, 4.69) is 0 Å². The van der Waals surface area contributed by atoms with Crippen LogP contribution in [0.1, 0.15) is 34.9 Å². The minimum atomic E-state index is -1.13. The molecule has 3 unspecified atom stereocenters. The number of nitrogens with zero attached hydrogens (tertiary/aromatic N) is 2. The Morgan fingerprint density at radius 3 is 2.02 bits per heavy atom. The van der Waals surface area contributed by atoms with Gasteiger partial charge in [0.2, 0.25) is 0 Å². The molecule has 0 amide bonds. The molecule has 46 heavy (non-hydrogen) atoms. The van der Waals surface area contributed by atoms with Crippen LogP contribution in [0.2, 0.25) is 0 Å². The third kappa shape index (κ3) is 6.37. The maximum atomic E-state index is 14.0. The molecule has 4 aromatic rings. The number of hydrogen-bond acceptors (Lipinski definition) is 8. The average molecular weight is 629 g/mol. The SMILES string of the molecule is COC1[C@H](n2cc(C)c(=O)n(COCc3ccccc3)c2=O)OC2(COCc3ccccc3)COCCC12OCc1ccccc1. The summed E-state index contributed by atoms with van der Waals surface area (Å²) in [7, 11) is 1.59. The molecule has 2 fully saturated rings. The zero-order valence-corrected chi connectivity index (χ0v) is 26.2. The van der Waals surface area contributed by atoms with Crippen molar-refractivity contribution in [3.63, 3.8) is 0 Å². The number of methoxy groups -OCH3 is 1. The van der Waals surface area contributed by atoms with Crippen molar-refractivity contribution in [1.82, 2.24) is 9.13 Å².